The van der Waals surface area contributed by atoms with E-state index in [9.17, 15) is 17.6 Å². The molecule has 0 bridgehead atoms. The lowest BCUT2D eigenvalue weighted by Crippen LogP contribution is -2.31. The normalized spacial score (nSPS) is 18.2. The van der Waals surface area contributed by atoms with Crippen molar-refractivity contribution < 1.29 is 22.3 Å². The second-order valence-corrected chi connectivity index (χ2v) is 9.35. The molecule has 1 amide bonds. The summed E-state index contributed by atoms with van der Waals surface area (Å²) in [5.74, 6) is -0.501. The van der Waals surface area contributed by atoms with E-state index in [0.717, 1.165) is 17.0 Å². The summed E-state index contributed by atoms with van der Waals surface area (Å²) in [4.78, 5) is 13.9. The Morgan fingerprint density at radius 1 is 1.36 bits per heavy atom. The zero-order valence-electron chi connectivity index (χ0n) is 16.2. The molecule has 9 heteroatoms. The molecule has 1 fully saturated rings. The van der Waals surface area contributed by atoms with E-state index in [4.69, 9.17) is 4.74 Å². The van der Waals surface area contributed by atoms with Gasteiger partial charge in [0.25, 0.3) is 5.91 Å². The van der Waals surface area contributed by atoms with Crippen molar-refractivity contribution in [1.29, 1.82) is 0 Å². The van der Waals surface area contributed by atoms with E-state index in [1.165, 1.54) is 17.0 Å². The maximum absolute atomic E-state index is 13.6. The predicted molar refractivity (Wildman–Crippen MR) is 102 cm³/mol. The molecule has 0 unspecified atom stereocenters. The standard InChI is InChI=1S/C19H24FN3O4S/c1-13-16(14(2)23(21-13)15-8-9-28(25,26)12-15)10-22(3)19(24)11-27-18-7-5-4-6-17(18)20/h4-7,15H,8-12H2,1-3H3/t15-/m0/s1. The Bertz CT molecular complexity index is 987. The minimum absolute atomic E-state index is 0.0341. The van der Waals surface area contributed by atoms with Crippen LogP contribution in [0.5, 0.6) is 5.75 Å². The van der Waals surface area contributed by atoms with Crippen LogP contribution in [-0.4, -0.2) is 54.2 Å². The minimum atomic E-state index is -3.01. The molecule has 152 valence electrons. The number of carbonyl (C=O) groups excluding carboxylic acids is 1. The second kappa shape index (κ2) is 7.90. The molecule has 2 heterocycles. The summed E-state index contributed by atoms with van der Waals surface area (Å²) in [5, 5.41) is 4.51. The van der Waals surface area contributed by atoms with Gasteiger partial charge in [0.05, 0.1) is 23.2 Å². The predicted octanol–water partition coefficient (Wildman–Crippen LogP) is 2.04. The molecule has 0 spiro atoms. The average molecular weight is 409 g/mol. The summed E-state index contributed by atoms with van der Waals surface area (Å²) >= 11 is 0. The van der Waals surface area contributed by atoms with Gasteiger partial charge in [-0.05, 0) is 32.4 Å². The Morgan fingerprint density at radius 2 is 2.07 bits per heavy atom. The molecule has 0 radical (unpaired) electrons. The van der Waals surface area contributed by atoms with Crippen LogP contribution in [0.25, 0.3) is 0 Å². The van der Waals surface area contributed by atoms with E-state index >= 15 is 0 Å². The van der Waals surface area contributed by atoms with Crippen LogP contribution in [0.3, 0.4) is 0 Å². The van der Waals surface area contributed by atoms with Gasteiger partial charge in [0.15, 0.2) is 28.0 Å². The third-order valence-electron chi connectivity index (χ3n) is 5.04. The smallest absolute Gasteiger partial charge is 0.260 e. The van der Waals surface area contributed by atoms with Gasteiger partial charge in [-0.15, -0.1) is 0 Å². The third-order valence-corrected chi connectivity index (χ3v) is 6.79. The zero-order valence-corrected chi connectivity index (χ0v) is 17.0. The van der Waals surface area contributed by atoms with Crippen molar-refractivity contribution in [2.24, 2.45) is 0 Å². The summed E-state index contributed by atoms with van der Waals surface area (Å²) in [7, 11) is -1.37. The first kappa shape index (κ1) is 20.3. The summed E-state index contributed by atoms with van der Waals surface area (Å²) < 4.78 is 44.2. The highest BCUT2D eigenvalue weighted by atomic mass is 32.2. The lowest BCUT2D eigenvalue weighted by molar-refractivity contribution is -0.132. The van der Waals surface area contributed by atoms with Crippen molar-refractivity contribution in [3.63, 3.8) is 0 Å². The first-order chi connectivity index (χ1) is 13.2. The van der Waals surface area contributed by atoms with Crippen LogP contribution in [0.4, 0.5) is 4.39 Å². The van der Waals surface area contributed by atoms with E-state index in [1.807, 2.05) is 13.8 Å². The van der Waals surface area contributed by atoms with E-state index in [-0.39, 0.29) is 35.8 Å². The van der Waals surface area contributed by atoms with Gasteiger partial charge < -0.3 is 9.64 Å². The largest absolute Gasteiger partial charge is 0.481 e. The number of likely N-dealkylation sites (N-methyl/N-ethyl adjacent to an activating group) is 1. The highest BCUT2D eigenvalue weighted by molar-refractivity contribution is 7.91. The summed E-state index contributed by atoms with van der Waals surface area (Å²) in [6.45, 7) is 3.77. The number of hydrogen-bond donors (Lipinski definition) is 0. The van der Waals surface area contributed by atoms with Crippen LogP contribution in [-0.2, 0) is 21.2 Å². The van der Waals surface area contributed by atoms with Crippen LogP contribution in [0.15, 0.2) is 24.3 Å². The number of halogens is 1. The Hall–Kier alpha value is -2.42. The number of aromatic nitrogens is 2. The number of ether oxygens (including phenoxy) is 1. The van der Waals surface area contributed by atoms with Gasteiger partial charge in [0.2, 0.25) is 0 Å². The molecule has 0 aliphatic carbocycles. The van der Waals surface area contributed by atoms with Gasteiger partial charge >= 0.3 is 0 Å². The number of rotatable bonds is 6. The number of carbonyl (C=O) groups is 1. The molecular weight excluding hydrogens is 385 g/mol. The fourth-order valence-corrected chi connectivity index (χ4v) is 5.08. The molecule has 7 nitrogen and oxygen atoms in total. The quantitative estimate of drug-likeness (QED) is 0.729. The highest BCUT2D eigenvalue weighted by Gasteiger charge is 2.31. The molecule has 0 N–H and O–H groups in total. The van der Waals surface area contributed by atoms with E-state index in [2.05, 4.69) is 5.10 Å². The summed E-state index contributed by atoms with van der Waals surface area (Å²) in [5.41, 5.74) is 2.50. The Labute approximate surface area is 164 Å². The van der Waals surface area contributed by atoms with Crippen molar-refractivity contribution in [1.82, 2.24) is 14.7 Å². The average Bonchev–Trinajstić information content (AvgIpc) is 3.14. The molecule has 1 aliphatic heterocycles. The first-order valence-corrected chi connectivity index (χ1v) is 10.9. The molecule has 1 aromatic carbocycles. The van der Waals surface area contributed by atoms with Crippen LogP contribution in [0.2, 0.25) is 0 Å². The lowest BCUT2D eigenvalue weighted by atomic mass is 10.1. The van der Waals surface area contributed by atoms with Crippen LogP contribution in [0, 0.1) is 19.7 Å². The van der Waals surface area contributed by atoms with Crippen LogP contribution in [0.1, 0.15) is 29.4 Å². The maximum Gasteiger partial charge on any atom is 0.260 e. The van der Waals surface area contributed by atoms with Crippen molar-refractivity contribution in [2.75, 3.05) is 25.2 Å². The maximum atomic E-state index is 13.6. The Morgan fingerprint density at radius 3 is 2.71 bits per heavy atom. The molecule has 1 atom stereocenters. The number of hydrogen-bond acceptors (Lipinski definition) is 5. The molecule has 28 heavy (non-hydrogen) atoms. The van der Waals surface area contributed by atoms with Crippen molar-refractivity contribution >= 4 is 15.7 Å². The lowest BCUT2D eigenvalue weighted by Gasteiger charge is -2.18. The Kier molecular flexibility index (Phi) is 5.74. The van der Waals surface area contributed by atoms with E-state index < -0.39 is 15.7 Å². The van der Waals surface area contributed by atoms with Gasteiger partial charge in [-0.3, -0.25) is 9.48 Å². The topological polar surface area (TPSA) is 81.5 Å². The van der Waals surface area contributed by atoms with Crippen molar-refractivity contribution in [3.8, 4) is 5.75 Å². The SMILES string of the molecule is Cc1nn([C@H]2CCS(=O)(=O)C2)c(C)c1CN(C)C(=O)COc1ccccc1F. The van der Waals surface area contributed by atoms with Crippen LogP contribution >= 0.6 is 0 Å². The second-order valence-electron chi connectivity index (χ2n) is 7.12. The molecule has 1 saturated heterocycles. The zero-order chi connectivity index (χ0) is 20.5. The van der Waals surface area contributed by atoms with E-state index in [0.29, 0.717) is 13.0 Å². The number of amides is 1. The van der Waals surface area contributed by atoms with Gasteiger partial charge in [0, 0.05) is 24.8 Å². The van der Waals surface area contributed by atoms with Crippen LogP contribution < -0.4 is 4.74 Å². The third kappa shape index (κ3) is 4.35. The highest BCUT2D eigenvalue weighted by Crippen LogP contribution is 2.27. The van der Waals surface area contributed by atoms with Gasteiger partial charge in [0.1, 0.15) is 0 Å². The molecule has 1 aromatic heterocycles. The number of nitrogens with zero attached hydrogens (tertiary/aromatic N) is 3. The number of para-hydroxylation sites is 1. The molecule has 2 aromatic rings. The molecular formula is C19H24FN3O4S. The first-order valence-electron chi connectivity index (χ1n) is 9.04. The summed E-state index contributed by atoms with van der Waals surface area (Å²) in [6.07, 6.45) is 0.551. The van der Waals surface area contributed by atoms with Gasteiger partial charge in [-0.2, -0.15) is 5.10 Å². The summed E-state index contributed by atoms with van der Waals surface area (Å²) in [6, 6.07) is 5.76. The molecule has 3 rings (SSSR count). The van der Waals surface area contributed by atoms with Gasteiger partial charge in [-0.1, -0.05) is 12.1 Å². The monoisotopic (exact) mass is 409 g/mol. The van der Waals surface area contributed by atoms with E-state index in [1.54, 1.807) is 23.9 Å². The molecule has 0 saturated carbocycles. The fraction of sp³-hybridized carbons (Fsp3) is 0.474. The van der Waals surface area contributed by atoms with Gasteiger partial charge in [-0.25, -0.2) is 12.8 Å². The fourth-order valence-electron chi connectivity index (χ4n) is 3.39. The van der Waals surface area contributed by atoms with Crippen molar-refractivity contribution in [3.05, 3.63) is 47.0 Å². The number of sulfone groups is 1. The number of aryl methyl sites for hydroxylation is 1. The number of benzene rings is 1. The Balaban J connectivity index is 1.66. The molecule has 1 aliphatic rings. The minimum Gasteiger partial charge on any atom is -0.481 e. The van der Waals surface area contributed by atoms with Crippen molar-refractivity contribution in [2.45, 2.75) is 32.9 Å².